The van der Waals surface area contributed by atoms with Gasteiger partial charge < -0.3 is 0 Å². The van der Waals surface area contributed by atoms with E-state index in [1.165, 1.54) is 0 Å². The Morgan fingerprint density at radius 1 is 1.00 bits per heavy atom. The first kappa shape index (κ1) is 14.1. The van der Waals surface area contributed by atoms with Crippen LogP contribution in [-0.4, -0.2) is 0 Å². The molecule has 1 nitrogen and oxygen atoms in total. The molecule has 0 saturated heterocycles. The normalized spacial score (nSPS) is 12.4. The molecule has 0 radical (unpaired) electrons. The van der Waals surface area contributed by atoms with Gasteiger partial charge in [0.25, 0.3) is 0 Å². The lowest BCUT2D eigenvalue weighted by Gasteiger charge is -2.14. The molecule has 0 aliphatic heterocycles. The van der Waals surface area contributed by atoms with Crippen molar-refractivity contribution >= 4 is 22.6 Å². The van der Waals surface area contributed by atoms with Gasteiger partial charge in [-0.05, 0) is 34.7 Å². The molecular formula is C9H2F6IN. The van der Waals surface area contributed by atoms with E-state index in [0.29, 0.717) is 6.07 Å². The van der Waals surface area contributed by atoms with E-state index in [4.69, 9.17) is 5.26 Å². The summed E-state index contributed by atoms with van der Waals surface area (Å²) in [6.45, 7) is 0. The maximum absolute atomic E-state index is 12.5. The van der Waals surface area contributed by atoms with Gasteiger partial charge in [-0.3, -0.25) is 0 Å². The number of benzene rings is 1. The third kappa shape index (κ3) is 3.02. The summed E-state index contributed by atoms with van der Waals surface area (Å²) in [5.74, 6) is 0. The lowest BCUT2D eigenvalue weighted by molar-refractivity contribution is -0.142. The van der Waals surface area contributed by atoms with E-state index in [-0.39, 0.29) is 6.07 Å². The fourth-order valence-electron chi connectivity index (χ4n) is 1.15. The van der Waals surface area contributed by atoms with Crippen molar-refractivity contribution in [3.63, 3.8) is 0 Å². The molecule has 8 heteroatoms. The molecular weight excluding hydrogens is 363 g/mol. The fourth-order valence-corrected chi connectivity index (χ4v) is 2.08. The molecule has 0 bridgehead atoms. The summed E-state index contributed by atoms with van der Waals surface area (Å²) >= 11 is 1.13. The maximum Gasteiger partial charge on any atom is 0.418 e. The van der Waals surface area contributed by atoms with Crippen LogP contribution in [0.3, 0.4) is 0 Å². The maximum atomic E-state index is 12.5. The third-order valence-corrected chi connectivity index (χ3v) is 2.67. The predicted octanol–water partition coefficient (Wildman–Crippen LogP) is 4.20. The molecule has 0 aromatic heterocycles. The Bertz CT molecular complexity index is 482. The average Bonchev–Trinajstić information content (AvgIpc) is 2.12. The number of hydrogen-bond donors (Lipinski definition) is 0. The van der Waals surface area contributed by atoms with E-state index >= 15 is 0 Å². The molecule has 1 rings (SSSR count). The van der Waals surface area contributed by atoms with Crippen molar-refractivity contribution in [3.8, 4) is 6.07 Å². The molecule has 0 spiro atoms. The Hall–Kier alpha value is -0.980. The second-order valence-corrected chi connectivity index (χ2v) is 4.15. The van der Waals surface area contributed by atoms with Gasteiger partial charge in [0.1, 0.15) is 0 Å². The first-order chi connectivity index (χ1) is 7.57. The van der Waals surface area contributed by atoms with Gasteiger partial charge in [-0.15, -0.1) is 0 Å². The average molecular weight is 365 g/mol. The highest BCUT2D eigenvalue weighted by molar-refractivity contribution is 14.1. The molecule has 0 fully saturated rings. The van der Waals surface area contributed by atoms with Gasteiger partial charge in [-0.1, -0.05) is 0 Å². The van der Waals surface area contributed by atoms with Crippen LogP contribution in [0.2, 0.25) is 0 Å². The lowest BCUT2D eigenvalue weighted by atomic mass is 10.0. The second-order valence-electron chi connectivity index (χ2n) is 2.99. The zero-order chi connectivity index (χ0) is 13.4. The standard InChI is InChI=1S/C9H2F6IN/c10-8(11,12)5-1-4(3-17)7(6(16)2-5)9(13,14)15/h1-2H. The molecule has 1 aromatic rings. The first-order valence-corrected chi connectivity index (χ1v) is 5.03. The predicted molar refractivity (Wildman–Crippen MR) is 53.9 cm³/mol. The van der Waals surface area contributed by atoms with E-state index < -0.39 is 32.6 Å². The number of nitrogens with zero attached hydrogens (tertiary/aromatic N) is 1. The Labute approximate surface area is 105 Å². The summed E-state index contributed by atoms with van der Waals surface area (Å²) in [7, 11) is 0. The number of hydrogen-bond acceptors (Lipinski definition) is 1. The molecule has 0 heterocycles. The fraction of sp³-hybridized carbons (Fsp3) is 0.222. The highest BCUT2D eigenvalue weighted by Crippen LogP contribution is 2.39. The molecule has 1 aromatic carbocycles. The molecule has 92 valence electrons. The topological polar surface area (TPSA) is 23.8 Å². The summed E-state index contributed by atoms with van der Waals surface area (Å²) < 4.78 is 73.8. The van der Waals surface area contributed by atoms with E-state index in [1.807, 2.05) is 0 Å². The molecule has 0 aliphatic carbocycles. The zero-order valence-electron chi connectivity index (χ0n) is 7.75. The highest BCUT2D eigenvalue weighted by atomic mass is 127. The third-order valence-electron chi connectivity index (χ3n) is 1.82. The van der Waals surface area contributed by atoms with Crippen molar-refractivity contribution in [2.45, 2.75) is 12.4 Å². The van der Waals surface area contributed by atoms with Crippen LogP contribution >= 0.6 is 22.6 Å². The minimum absolute atomic E-state index is 0.199. The second kappa shape index (κ2) is 4.36. The van der Waals surface area contributed by atoms with Crippen LogP contribution in [-0.2, 0) is 12.4 Å². The van der Waals surface area contributed by atoms with Crippen molar-refractivity contribution in [3.05, 3.63) is 32.4 Å². The summed E-state index contributed by atoms with van der Waals surface area (Å²) in [5, 5.41) is 8.48. The quantitative estimate of drug-likeness (QED) is 0.500. The van der Waals surface area contributed by atoms with Crippen molar-refractivity contribution in [1.82, 2.24) is 0 Å². The minimum atomic E-state index is -4.86. The van der Waals surface area contributed by atoms with Crippen molar-refractivity contribution in [2.24, 2.45) is 0 Å². The zero-order valence-corrected chi connectivity index (χ0v) is 9.91. The Kier molecular flexibility index (Phi) is 3.61. The largest absolute Gasteiger partial charge is 0.418 e. The van der Waals surface area contributed by atoms with Gasteiger partial charge in [-0.2, -0.15) is 31.6 Å². The van der Waals surface area contributed by atoms with E-state index in [2.05, 4.69) is 0 Å². The molecule has 17 heavy (non-hydrogen) atoms. The molecule has 0 atom stereocenters. The van der Waals surface area contributed by atoms with Crippen molar-refractivity contribution in [2.75, 3.05) is 0 Å². The Morgan fingerprint density at radius 2 is 1.53 bits per heavy atom. The SMILES string of the molecule is N#Cc1cc(C(F)(F)F)cc(I)c1C(F)(F)F. The van der Waals surface area contributed by atoms with Gasteiger partial charge in [0.2, 0.25) is 0 Å². The summed E-state index contributed by atoms with van der Waals surface area (Å²) in [4.78, 5) is 0. The number of halogens is 7. The van der Waals surface area contributed by atoms with Gasteiger partial charge in [0, 0.05) is 3.57 Å². The van der Waals surface area contributed by atoms with E-state index in [1.54, 1.807) is 0 Å². The summed E-state index contributed by atoms with van der Waals surface area (Å²) in [6.07, 6.45) is -9.64. The Balaban J connectivity index is 3.55. The highest BCUT2D eigenvalue weighted by Gasteiger charge is 2.39. The summed E-state index contributed by atoms with van der Waals surface area (Å²) in [5.41, 5.74) is -3.64. The number of alkyl halides is 6. The van der Waals surface area contributed by atoms with E-state index in [9.17, 15) is 26.3 Å². The Morgan fingerprint density at radius 3 is 1.88 bits per heavy atom. The van der Waals surface area contributed by atoms with Crippen molar-refractivity contribution < 1.29 is 26.3 Å². The summed E-state index contributed by atoms with van der Waals surface area (Å²) in [6, 6.07) is 1.70. The smallest absolute Gasteiger partial charge is 0.192 e. The lowest BCUT2D eigenvalue weighted by Crippen LogP contribution is -2.14. The monoisotopic (exact) mass is 365 g/mol. The van der Waals surface area contributed by atoms with E-state index in [0.717, 1.165) is 28.7 Å². The van der Waals surface area contributed by atoms with Crippen LogP contribution in [0.5, 0.6) is 0 Å². The molecule has 0 unspecified atom stereocenters. The van der Waals surface area contributed by atoms with Crippen LogP contribution in [0.1, 0.15) is 16.7 Å². The molecule has 0 amide bonds. The molecule has 0 N–H and O–H groups in total. The van der Waals surface area contributed by atoms with Gasteiger partial charge in [0.05, 0.1) is 22.8 Å². The van der Waals surface area contributed by atoms with Crippen LogP contribution in [0.4, 0.5) is 26.3 Å². The number of nitriles is 1. The van der Waals surface area contributed by atoms with Crippen molar-refractivity contribution in [1.29, 1.82) is 5.26 Å². The van der Waals surface area contributed by atoms with Gasteiger partial charge >= 0.3 is 12.4 Å². The van der Waals surface area contributed by atoms with Crippen LogP contribution in [0.15, 0.2) is 12.1 Å². The van der Waals surface area contributed by atoms with Gasteiger partial charge in [-0.25, -0.2) is 0 Å². The van der Waals surface area contributed by atoms with Gasteiger partial charge in [0.15, 0.2) is 0 Å². The number of rotatable bonds is 0. The van der Waals surface area contributed by atoms with Crippen LogP contribution in [0, 0.1) is 14.9 Å². The molecule has 0 saturated carbocycles. The van der Waals surface area contributed by atoms with Crippen LogP contribution in [0.25, 0.3) is 0 Å². The molecule has 0 aliphatic rings. The van der Waals surface area contributed by atoms with Crippen LogP contribution < -0.4 is 0 Å². The minimum Gasteiger partial charge on any atom is -0.192 e. The first-order valence-electron chi connectivity index (χ1n) is 3.95.